The van der Waals surface area contributed by atoms with Gasteiger partial charge >= 0.3 is 0 Å². The van der Waals surface area contributed by atoms with Crippen molar-refractivity contribution in [3.63, 3.8) is 0 Å². The van der Waals surface area contributed by atoms with E-state index in [-0.39, 0.29) is 17.2 Å². The summed E-state index contributed by atoms with van der Waals surface area (Å²) in [5.41, 5.74) is 2.67. The van der Waals surface area contributed by atoms with Gasteiger partial charge in [-0.1, -0.05) is 17.3 Å². The summed E-state index contributed by atoms with van der Waals surface area (Å²) in [5, 5.41) is 6.76. The predicted molar refractivity (Wildman–Crippen MR) is 85.0 cm³/mol. The van der Waals surface area contributed by atoms with Crippen LogP contribution in [0.2, 0.25) is 0 Å². The van der Waals surface area contributed by atoms with Crippen LogP contribution in [0.1, 0.15) is 29.7 Å². The highest BCUT2D eigenvalue weighted by atomic mass is 32.2. The van der Waals surface area contributed by atoms with E-state index in [1.807, 2.05) is 0 Å². The zero-order valence-electron chi connectivity index (χ0n) is 12.8. The van der Waals surface area contributed by atoms with E-state index >= 15 is 0 Å². The Morgan fingerprint density at radius 3 is 2.61 bits per heavy atom. The van der Waals surface area contributed by atoms with Crippen molar-refractivity contribution < 1.29 is 17.7 Å². The summed E-state index contributed by atoms with van der Waals surface area (Å²) < 4.78 is 28.1. The minimum Gasteiger partial charge on any atom is -0.338 e. The molecule has 0 spiro atoms. The third kappa shape index (κ3) is 3.61. The molecule has 0 atom stereocenters. The second kappa shape index (κ2) is 6.16. The van der Waals surface area contributed by atoms with Gasteiger partial charge in [-0.05, 0) is 43.4 Å². The van der Waals surface area contributed by atoms with Gasteiger partial charge in [-0.2, -0.15) is 0 Å². The second-order valence-electron chi connectivity index (χ2n) is 5.79. The van der Waals surface area contributed by atoms with E-state index < -0.39 is 9.84 Å². The van der Waals surface area contributed by atoms with E-state index in [0.717, 1.165) is 48.8 Å². The molecular weight excluding hydrogens is 316 g/mol. The van der Waals surface area contributed by atoms with Gasteiger partial charge < -0.3 is 4.52 Å². The summed E-state index contributed by atoms with van der Waals surface area (Å²) in [5.74, 6) is 0.235. The molecule has 1 aromatic heterocycles. The number of sulfone groups is 1. The van der Waals surface area contributed by atoms with Crippen LogP contribution >= 0.6 is 0 Å². The number of hydrogen-bond acceptors (Lipinski definition) is 5. The van der Waals surface area contributed by atoms with E-state index in [1.165, 1.54) is 12.1 Å². The highest BCUT2D eigenvalue weighted by Crippen LogP contribution is 2.27. The van der Waals surface area contributed by atoms with E-state index in [9.17, 15) is 13.2 Å². The number of rotatable bonds is 4. The van der Waals surface area contributed by atoms with Crippen molar-refractivity contribution >= 4 is 21.6 Å². The van der Waals surface area contributed by atoms with Crippen LogP contribution in [-0.2, 0) is 33.9 Å². The quantitative estimate of drug-likeness (QED) is 0.925. The van der Waals surface area contributed by atoms with Crippen LogP contribution in [0.4, 0.5) is 5.88 Å². The number of anilines is 1. The maximum absolute atomic E-state index is 12.1. The van der Waals surface area contributed by atoms with Crippen molar-refractivity contribution in [2.45, 2.75) is 37.0 Å². The number of carbonyl (C=O) groups is 1. The molecule has 0 radical (unpaired) electrons. The molecule has 6 nitrogen and oxygen atoms in total. The number of nitrogens with one attached hydrogen (secondary N) is 1. The van der Waals surface area contributed by atoms with Gasteiger partial charge in [0.05, 0.1) is 17.0 Å². The smallest absolute Gasteiger partial charge is 0.234 e. The lowest BCUT2D eigenvalue weighted by Crippen LogP contribution is -2.15. The lowest BCUT2D eigenvalue weighted by atomic mass is 9.97. The molecule has 23 heavy (non-hydrogen) atoms. The van der Waals surface area contributed by atoms with Gasteiger partial charge in [-0.3, -0.25) is 10.1 Å². The lowest BCUT2D eigenvalue weighted by Gasteiger charge is -2.09. The molecule has 3 rings (SSSR count). The molecule has 0 saturated heterocycles. The number of benzene rings is 1. The van der Waals surface area contributed by atoms with Gasteiger partial charge in [0, 0.05) is 11.8 Å². The van der Waals surface area contributed by atoms with E-state index in [4.69, 9.17) is 4.52 Å². The summed E-state index contributed by atoms with van der Waals surface area (Å²) in [6, 6.07) is 6.31. The van der Waals surface area contributed by atoms with Crippen LogP contribution in [0.3, 0.4) is 0 Å². The summed E-state index contributed by atoms with van der Waals surface area (Å²) in [6.45, 7) is 0. The molecule has 0 saturated carbocycles. The molecule has 1 N–H and O–H groups in total. The van der Waals surface area contributed by atoms with Crippen LogP contribution in [0.25, 0.3) is 0 Å². The summed E-state index contributed by atoms with van der Waals surface area (Å²) in [4.78, 5) is 12.4. The van der Waals surface area contributed by atoms with Crippen molar-refractivity contribution in [3.05, 3.63) is 41.1 Å². The Kier molecular flexibility index (Phi) is 4.21. The second-order valence-corrected chi connectivity index (χ2v) is 7.80. The van der Waals surface area contributed by atoms with E-state index in [2.05, 4.69) is 10.5 Å². The van der Waals surface area contributed by atoms with Crippen LogP contribution in [0.15, 0.2) is 33.7 Å². The van der Waals surface area contributed by atoms with Gasteiger partial charge in [-0.15, -0.1) is 0 Å². The Bertz CT molecular complexity index is 822. The molecule has 122 valence electrons. The number of amides is 1. The first-order valence-corrected chi connectivity index (χ1v) is 9.39. The van der Waals surface area contributed by atoms with Gasteiger partial charge in [0.2, 0.25) is 11.8 Å². The highest BCUT2D eigenvalue weighted by Gasteiger charge is 2.20. The first kappa shape index (κ1) is 15.7. The standard InChI is InChI=1S/C16H18N2O4S/c1-23(20,21)12-8-6-11(7-9-12)10-15(19)17-16-13-4-2-3-5-14(13)18-22-16/h6-9H,2-5,10H2,1H3,(H,17,19). The van der Waals surface area contributed by atoms with Crippen molar-refractivity contribution in [2.75, 3.05) is 11.6 Å². The Morgan fingerprint density at radius 2 is 1.91 bits per heavy atom. The summed E-state index contributed by atoms with van der Waals surface area (Å²) in [6.07, 6.45) is 5.24. The third-order valence-electron chi connectivity index (χ3n) is 3.93. The first-order chi connectivity index (χ1) is 10.9. The minimum atomic E-state index is -3.22. The lowest BCUT2D eigenvalue weighted by molar-refractivity contribution is -0.115. The normalized spacial score (nSPS) is 14.3. The van der Waals surface area contributed by atoms with Crippen LogP contribution in [0.5, 0.6) is 0 Å². The van der Waals surface area contributed by atoms with Crippen molar-refractivity contribution in [1.29, 1.82) is 0 Å². The molecule has 1 amide bonds. The molecule has 0 fully saturated rings. The third-order valence-corrected chi connectivity index (χ3v) is 5.06. The van der Waals surface area contributed by atoms with Crippen molar-refractivity contribution in [2.24, 2.45) is 0 Å². The SMILES string of the molecule is CS(=O)(=O)c1ccc(CC(=O)Nc2onc3c2CCCC3)cc1. The fraction of sp³-hybridized carbons (Fsp3) is 0.375. The highest BCUT2D eigenvalue weighted by molar-refractivity contribution is 7.90. The van der Waals surface area contributed by atoms with Crippen LogP contribution < -0.4 is 5.32 Å². The van der Waals surface area contributed by atoms with Gasteiger partial charge in [-0.25, -0.2) is 8.42 Å². The molecule has 7 heteroatoms. The predicted octanol–water partition coefficient (Wildman–Crippen LogP) is 2.14. The number of fused-ring (bicyclic) bond motifs is 1. The number of nitrogens with zero attached hydrogens (tertiary/aromatic N) is 1. The molecule has 1 aliphatic carbocycles. The Balaban J connectivity index is 1.67. The van der Waals surface area contributed by atoms with Gasteiger partial charge in [0.1, 0.15) is 0 Å². The van der Waals surface area contributed by atoms with Gasteiger partial charge in [0.25, 0.3) is 0 Å². The number of carbonyl (C=O) groups excluding carboxylic acids is 1. The molecule has 1 aliphatic rings. The summed E-state index contributed by atoms with van der Waals surface area (Å²) >= 11 is 0. The zero-order chi connectivity index (χ0) is 16.4. The molecule has 1 aromatic carbocycles. The largest absolute Gasteiger partial charge is 0.338 e. The minimum absolute atomic E-state index is 0.152. The maximum Gasteiger partial charge on any atom is 0.234 e. The monoisotopic (exact) mass is 334 g/mol. The molecule has 0 aliphatic heterocycles. The van der Waals surface area contributed by atoms with Crippen LogP contribution in [-0.4, -0.2) is 25.7 Å². The molecule has 0 bridgehead atoms. The van der Waals surface area contributed by atoms with E-state index in [0.29, 0.717) is 5.88 Å². The topological polar surface area (TPSA) is 89.3 Å². The number of aromatic nitrogens is 1. The zero-order valence-corrected chi connectivity index (χ0v) is 13.6. The molecular formula is C16H18N2O4S. The Labute approximate surface area is 134 Å². The average Bonchev–Trinajstić information content (AvgIpc) is 2.90. The first-order valence-electron chi connectivity index (χ1n) is 7.50. The van der Waals surface area contributed by atoms with Crippen molar-refractivity contribution in [3.8, 4) is 0 Å². The fourth-order valence-corrected chi connectivity index (χ4v) is 3.33. The molecule has 0 unspecified atom stereocenters. The Morgan fingerprint density at radius 1 is 1.22 bits per heavy atom. The maximum atomic E-state index is 12.1. The number of hydrogen-bond donors (Lipinski definition) is 1. The van der Waals surface area contributed by atoms with Gasteiger partial charge in [0.15, 0.2) is 9.84 Å². The van der Waals surface area contributed by atoms with E-state index in [1.54, 1.807) is 12.1 Å². The fourth-order valence-electron chi connectivity index (χ4n) is 2.70. The van der Waals surface area contributed by atoms with Crippen molar-refractivity contribution in [1.82, 2.24) is 5.16 Å². The average molecular weight is 334 g/mol. The molecule has 1 heterocycles. The number of aryl methyl sites for hydroxylation is 1. The molecule has 2 aromatic rings. The summed E-state index contributed by atoms with van der Waals surface area (Å²) in [7, 11) is -3.22. The Hall–Kier alpha value is -2.15. The van der Waals surface area contributed by atoms with Crippen LogP contribution in [0, 0.1) is 0 Å².